The summed E-state index contributed by atoms with van der Waals surface area (Å²) < 4.78 is 2.38. The maximum Gasteiger partial charge on any atom is 0.287 e. The van der Waals surface area contributed by atoms with Crippen molar-refractivity contribution in [2.75, 3.05) is 0 Å². The standard InChI is InChI=1S/C9H7BrN4O2/c1-6-2-8(14(15)16)4-11-9(6)13-5-7(10)3-12-13/h2-5H,1H3. The van der Waals surface area contributed by atoms with Crippen LogP contribution in [0.2, 0.25) is 0 Å². The molecule has 7 heteroatoms. The summed E-state index contributed by atoms with van der Waals surface area (Å²) in [6, 6.07) is 1.47. The van der Waals surface area contributed by atoms with Gasteiger partial charge in [0.05, 0.1) is 15.6 Å². The molecule has 0 aromatic carbocycles. The summed E-state index contributed by atoms with van der Waals surface area (Å²) >= 11 is 3.27. The second-order valence-corrected chi connectivity index (χ2v) is 4.11. The minimum atomic E-state index is -0.469. The number of pyridine rings is 1. The Hall–Kier alpha value is -1.76. The van der Waals surface area contributed by atoms with Gasteiger partial charge in [0.25, 0.3) is 5.69 Å². The predicted octanol–water partition coefficient (Wildman–Crippen LogP) is 2.25. The number of nitrogens with zero attached hydrogens (tertiary/aromatic N) is 4. The molecule has 0 saturated heterocycles. The van der Waals surface area contributed by atoms with E-state index in [1.807, 2.05) is 0 Å². The van der Waals surface area contributed by atoms with Gasteiger partial charge in [-0.3, -0.25) is 10.1 Å². The second-order valence-electron chi connectivity index (χ2n) is 3.19. The molecule has 0 aliphatic rings. The molecule has 2 aromatic heterocycles. The fourth-order valence-corrected chi connectivity index (χ4v) is 1.59. The van der Waals surface area contributed by atoms with Gasteiger partial charge in [-0.2, -0.15) is 5.10 Å². The molecule has 0 aliphatic carbocycles. The van der Waals surface area contributed by atoms with Crippen molar-refractivity contribution in [3.05, 3.63) is 44.8 Å². The zero-order valence-electron chi connectivity index (χ0n) is 8.29. The van der Waals surface area contributed by atoms with Crippen molar-refractivity contribution in [2.45, 2.75) is 6.92 Å². The smallest absolute Gasteiger partial charge is 0.258 e. The van der Waals surface area contributed by atoms with E-state index in [1.165, 1.54) is 12.3 Å². The number of aromatic nitrogens is 3. The highest BCUT2D eigenvalue weighted by Gasteiger charge is 2.11. The van der Waals surface area contributed by atoms with Gasteiger partial charge in [-0.15, -0.1) is 0 Å². The SMILES string of the molecule is Cc1cc([N+](=O)[O-])cnc1-n1cc(Br)cn1. The van der Waals surface area contributed by atoms with Crippen LogP contribution in [-0.4, -0.2) is 19.7 Å². The van der Waals surface area contributed by atoms with Crippen LogP contribution in [0.1, 0.15) is 5.56 Å². The predicted molar refractivity (Wildman–Crippen MR) is 60.5 cm³/mol. The molecule has 2 rings (SSSR count). The number of hydrogen-bond donors (Lipinski definition) is 0. The fourth-order valence-electron chi connectivity index (χ4n) is 1.31. The number of aryl methyl sites for hydroxylation is 1. The first-order valence-corrected chi connectivity index (χ1v) is 5.19. The Labute approximate surface area is 99.2 Å². The van der Waals surface area contributed by atoms with Crippen LogP contribution in [0.3, 0.4) is 0 Å². The van der Waals surface area contributed by atoms with Crippen LogP contribution >= 0.6 is 15.9 Å². The lowest BCUT2D eigenvalue weighted by Gasteiger charge is -2.03. The lowest BCUT2D eigenvalue weighted by molar-refractivity contribution is -0.385. The number of rotatable bonds is 2. The van der Waals surface area contributed by atoms with Crippen molar-refractivity contribution in [2.24, 2.45) is 0 Å². The molecule has 0 amide bonds. The number of halogens is 1. The second kappa shape index (κ2) is 4.01. The normalized spacial score (nSPS) is 10.4. The molecule has 0 radical (unpaired) electrons. The Bertz CT molecular complexity index is 552. The molecule has 0 N–H and O–H groups in total. The summed E-state index contributed by atoms with van der Waals surface area (Å²) in [7, 11) is 0. The highest BCUT2D eigenvalue weighted by Crippen LogP contribution is 2.18. The van der Waals surface area contributed by atoms with Crippen molar-refractivity contribution >= 4 is 21.6 Å². The van der Waals surface area contributed by atoms with Crippen molar-refractivity contribution in [1.29, 1.82) is 0 Å². The molecule has 0 saturated carbocycles. The lowest BCUT2D eigenvalue weighted by Crippen LogP contribution is -2.01. The van der Waals surface area contributed by atoms with E-state index < -0.39 is 4.92 Å². The summed E-state index contributed by atoms with van der Waals surface area (Å²) in [4.78, 5) is 14.1. The van der Waals surface area contributed by atoms with Crippen LogP contribution in [0.15, 0.2) is 29.1 Å². The van der Waals surface area contributed by atoms with Gasteiger partial charge in [0, 0.05) is 17.8 Å². The third kappa shape index (κ3) is 1.94. The van der Waals surface area contributed by atoms with Crippen molar-refractivity contribution in [1.82, 2.24) is 14.8 Å². The summed E-state index contributed by atoms with van der Waals surface area (Å²) in [5, 5.41) is 14.6. The first kappa shape index (κ1) is 10.7. The van der Waals surface area contributed by atoms with Gasteiger partial charge < -0.3 is 0 Å². The van der Waals surface area contributed by atoms with E-state index in [-0.39, 0.29) is 5.69 Å². The minimum Gasteiger partial charge on any atom is -0.258 e. The Balaban J connectivity index is 2.47. The van der Waals surface area contributed by atoms with E-state index in [9.17, 15) is 10.1 Å². The summed E-state index contributed by atoms with van der Waals surface area (Å²) in [5.41, 5.74) is 0.678. The lowest BCUT2D eigenvalue weighted by atomic mass is 10.2. The van der Waals surface area contributed by atoms with Crippen LogP contribution in [0.5, 0.6) is 0 Å². The Morgan fingerprint density at radius 3 is 2.75 bits per heavy atom. The molecule has 16 heavy (non-hydrogen) atoms. The average Bonchev–Trinajstić information content (AvgIpc) is 2.64. The van der Waals surface area contributed by atoms with E-state index in [2.05, 4.69) is 26.0 Å². The third-order valence-electron chi connectivity index (χ3n) is 2.02. The number of hydrogen-bond acceptors (Lipinski definition) is 4. The molecule has 2 aromatic rings. The van der Waals surface area contributed by atoms with Crippen LogP contribution in [0, 0.1) is 17.0 Å². The largest absolute Gasteiger partial charge is 0.287 e. The van der Waals surface area contributed by atoms with E-state index >= 15 is 0 Å². The average molecular weight is 283 g/mol. The first-order valence-electron chi connectivity index (χ1n) is 4.39. The van der Waals surface area contributed by atoms with Crippen LogP contribution in [0.25, 0.3) is 5.82 Å². The van der Waals surface area contributed by atoms with Gasteiger partial charge in [0.2, 0.25) is 0 Å². The minimum absolute atomic E-state index is 0.0209. The fraction of sp³-hybridized carbons (Fsp3) is 0.111. The van der Waals surface area contributed by atoms with Gasteiger partial charge in [-0.25, -0.2) is 9.67 Å². The monoisotopic (exact) mass is 282 g/mol. The molecule has 6 nitrogen and oxygen atoms in total. The van der Waals surface area contributed by atoms with Crippen molar-refractivity contribution in [3.8, 4) is 5.82 Å². The topological polar surface area (TPSA) is 73.8 Å². The van der Waals surface area contributed by atoms with Gasteiger partial charge in [-0.1, -0.05) is 0 Å². The van der Waals surface area contributed by atoms with Gasteiger partial charge in [-0.05, 0) is 22.9 Å². The Morgan fingerprint density at radius 1 is 1.50 bits per heavy atom. The first-order chi connectivity index (χ1) is 7.58. The van der Waals surface area contributed by atoms with Crippen LogP contribution in [0.4, 0.5) is 5.69 Å². The molecule has 0 fully saturated rings. The Kier molecular flexibility index (Phi) is 2.69. The summed E-state index contributed by atoms with van der Waals surface area (Å²) in [6.45, 7) is 1.75. The molecule has 0 unspecified atom stereocenters. The molecular weight excluding hydrogens is 276 g/mol. The molecule has 0 spiro atoms. The molecule has 0 aliphatic heterocycles. The number of nitro groups is 1. The highest BCUT2D eigenvalue weighted by atomic mass is 79.9. The van der Waals surface area contributed by atoms with E-state index in [4.69, 9.17) is 0 Å². The van der Waals surface area contributed by atoms with E-state index in [0.717, 1.165) is 4.47 Å². The third-order valence-corrected chi connectivity index (χ3v) is 2.42. The van der Waals surface area contributed by atoms with Crippen LogP contribution < -0.4 is 0 Å². The molecule has 0 atom stereocenters. The maximum atomic E-state index is 10.5. The van der Waals surface area contributed by atoms with E-state index in [0.29, 0.717) is 11.4 Å². The summed E-state index contributed by atoms with van der Waals surface area (Å²) in [6.07, 6.45) is 4.58. The molecule has 2 heterocycles. The van der Waals surface area contributed by atoms with Crippen LogP contribution in [-0.2, 0) is 0 Å². The van der Waals surface area contributed by atoms with Crippen molar-refractivity contribution < 1.29 is 4.92 Å². The van der Waals surface area contributed by atoms with Gasteiger partial charge in [0.15, 0.2) is 5.82 Å². The summed E-state index contributed by atoms with van der Waals surface area (Å²) in [5.74, 6) is 0.580. The molecule has 82 valence electrons. The zero-order valence-corrected chi connectivity index (χ0v) is 9.88. The molecule has 0 bridgehead atoms. The van der Waals surface area contributed by atoms with Gasteiger partial charge in [0.1, 0.15) is 6.20 Å². The Morgan fingerprint density at radius 2 is 2.25 bits per heavy atom. The van der Waals surface area contributed by atoms with E-state index in [1.54, 1.807) is 24.0 Å². The zero-order chi connectivity index (χ0) is 11.7. The van der Waals surface area contributed by atoms with Crippen molar-refractivity contribution in [3.63, 3.8) is 0 Å². The maximum absolute atomic E-state index is 10.5. The quantitative estimate of drug-likeness (QED) is 0.625. The van der Waals surface area contributed by atoms with Gasteiger partial charge >= 0.3 is 0 Å². The highest BCUT2D eigenvalue weighted by molar-refractivity contribution is 9.10. The molecular formula is C9H7BrN4O2.